The summed E-state index contributed by atoms with van der Waals surface area (Å²) in [7, 11) is 0. The zero-order valence-corrected chi connectivity index (χ0v) is 36.9. The van der Waals surface area contributed by atoms with Crippen molar-refractivity contribution in [3.63, 3.8) is 0 Å². The first-order chi connectivity index (χ1) is 28.8. The second-order valence-corrected chi connectivity index (χ2v) is 16.4. The van der Waals surface area contributed by atoms with Crippen molar-refractivity contribution >= 4 is 53.1 Å². The topological polar surface area (TPSA) is 278 Å². The molecular formula is C43H74N8O8S. The number of carbonyl (C=O) groups excluding carboxylic acids is 7. The van der Waals surface area contributed by atoms with E-state index in [0.717, 1.165) is 25.7 Å². The third kappa shape index (κ3) is 26.0. The predicted octanol–water partition coefficient (Wildman–Crippen LogP) is 3.10. The van der Waals surface area contributed by atoms with Gasteiger partial charge in [0.15, 0.2) is 0 Å². The number of thioether (sulfide) groups is 1. The number of phenolic OH excluding ortho intramolecular Hbond substituents is 1. The van der Waals surface area contributed by atoms with Crippen molar-refractivity contribution in [2.75, 3.05) is 25.1 Å². The molecule has 1 rings (SSSR count). The standard InChI is InChI=1S/C43H74N8O8S/c1-3-4-5-6-7-8-9-10-11-12-13-14-15-19-38(54)48-35(26-28-60-2)41(57)47-30-39(55)49-36(29-31-20-22-32(52)23-21-31)43(59)51-34(24-25-37(45)53)42(58)50-33(40(46)56)18-16-17-27-44/h20-23,33-36,52H,3-19,24-30,44H2,1-2H3,(H2,45,53)(H2,46,56)(H,47,57)(H,48,54)(H,49,55)(H,50,58)(H,51,59)/t33-,34-,35-,36-/m0/s1. The Morgan fingerprint density at radius 1 is 0.600 bits per heavy atom. The Labute approximate surface area is 361 Å². The van der Waals surface area contributed by atoms with Crippen LogP contribution in [0.1, 0.15) is 141 Å². The van der Waals surface area contributed by atoms with Gasteiger partial charge in [-0.3, -0.25) is 33.6 Å². The summed E-state index contributed by atoms with van der Waals surface area (Å²) < 4.78 is 0. The second-order valence-electron chi connectivity index (χ2n) is 15.4. The van der Waals surface area contributed by atoms with E-state index >= 15 is 0 Å². The second kappa shape index (κ2) is 33.4. The Balaban J connectivity index is 2.85. The van der Waals surface area contributed by atoms with E-state index in [1.807, 2.05) is 6.26 Å². The number of amides is 7. The average Bonchev–Trinajstić information content (AvgIpc) is 3.21. The monoisotopic (exact) mass is 863 g/mol. The van der Waals surface area contributed by atoms with E-state index < -0.39 is 66.2 Å². The molecule has 0 spiro atoms. The first kappa shape index (κ1) is 53.6. The maximum absolute atomic E-state index is 13.7. The molecule has 7 amide bonds. The molecule has 4 atom stereocenters. The van der Waals surface area contributed by atoms with Gasteiger partial charge in [0.1, 0.15) is 29.9 Å². The molecule has 0 aromatic heterocycles. The molecule has 340 valence electrons. The Kier molecular flexibility index (Phi) is 29.8. The molecule has 0 saturated heterocycles. The molecule has 0 fully saturated rings. The SMILES string of the molecule is CCCCCCCCCCCCCCCC(=O)N[C@@H](CCSC)C(=O)NCC(=O)N[C@@H](Cc1ccc(O)cc1)C(=O)N[C@@H](CCC(N)=O)C(=O)N[C@@H](CCCCN)C(N)=O. The minimum absolute atomic E-state index is 0.0161. The molecule has 0 bridgehead atoms. The van der Waals surface area contributed by atoms with E-state index in [9.17, 15) is 38.7 Å². The Bertz CT molecular complexity index is 1430. The van der Waals surface area contributed by atoms with E-state index in [2.05, 4.69) is 33.5 Å². The van der Waals surface area contributed by atoms with Gasteiger partial charge in [-0.1, -0.05) is 96.1 Å². The van der Waals surface area contributed by atoms with Gasteiger partial charge in [0.25, 0.3) is 0 Å². The summed E-state index contributed by atoms with van der Waals surface area (Å²) in [6, 6.07) is 1.38. The van der Waals surface area contributed by atoms with Crippen molar-refractivity contribution in [1.29, 1.82) is 0 Å². The predicted molar refractivity (Wildman–Crippen MR) is 236 cm³/mol. The molecule has 0 saturated carbocycles. The minimum atomic E-state index is -1.33. The number of benzene rings is 1. The third-order valence-corrected chi connectivity index (χ3v) is 10.8. The number of nitrogens with one attached hydrogen (secondary N) is 5. The van der Waals surface area contributed by atoms with Crippen LogP contribution in [0.5, 0.6) is 5.75 Å². The van der Waals surface area contributed by atoms with Gasteiger partial charge in [0.05, 0.1) is 6.54 Å². The van der Waals surface area contributed by atoms with Crippen molar-refractivity contribution in [3.05, 3.63) is 29.8 Å². The van der Waals surface area contributed by atoms with Gasteiger partial charge < -0.3 is 48.9 Å². The number of nitrogens with two attached hydrogens (primary N) is 3. The average molecular weight is 863 g/mol. The number of rotatable bonds is 36. The van der Waals surface area contributed by atoms with Crippen LogP contribution >= 0.6 is 11.8 Å². The molecule has 60 heavy (non-hydrogen) atoms. The van der Waals surface area contributed by atoms with Crippen LogP contribution in [-0.2, 0) is 40.0 Å². The molecule has 0 unspecified atom stereocenters. The Hall–Kier alpha value is -4.38. The zero-order chi connectivity index (χ0) is 44.5. The van der Waals surface area contributed by atoms with Gasteiger partial charge in [-0.05, 0) is 74.8 Å². The van der Waals surface area contributed by atoms with Crippen molar-refractivity contribution in [1.82, 2.24) is 26.6 Å². The molecule has 0 radical (unpaired) electrons. The smallest absolute Gasteiger partial charge is 0.243 e. The van der Waals surface area contributed by atoms with Crippen molar-refractivity contribution < 1.29 is 38.7 Å². The highest BCUT2D eigenvalue weighted by molar-refractivity contribution is 7.98. The summed E-state index contributed by atoms with van der Waals surface area (Å²) in [4.78, 5) is 90.2. The van der Waals surface area contributed by atoms with Gasteiger partial charge in [-0.25, -0.2) is 0 Å². The van der Waals surface area contributed by atoms with Crippen molar-refractivity contribution in [2.24, 2.45) is 17.2 Å². The maximum Gasteiger partial charge on any atom is 0.243 e. The largest absolute Gasteiger partial charge is 0.508 e. The molecule has 16 nitrogen and oxygen atoms in total. The Morgan fingerprint density at radius 3 is 1.68 bits per heavy atom. The van der Waals surface area contributed by atoms with Crippen LogP contribution in [0.4, 0.5) is 0 Å². The molecule has 0 aliphatic rings. The fourth-order valence-electron chi connectivity index (χ4n) is 6.57. The zero-order valence-electron chi connectivity index (χ0n) is 36.0. The third-order valence-electron chi connectivity index (χ3n) is 10.1. The quantitative estimate of drug-likeness (QED) is 0.0445. The lowest BCUT2D eigenvalue weighted by atomic mass is 10.0. The number of phenols is 1. The van der Waals surface area contributed by atoms with Gasteiger partial charge in [-0.2, -0.15) is 11.8 Å². The number of hydrogen-bond acceptors (Lipinski definition) is 10. The van der Waals surface area contributed by atoms with Crippen LogP contribution < -0.4 is 43.8 Å². The lowest BCUT2D eigenvalue weighted by Crippen LogP contribution is -2.57. The molecular weight excluding hydrogens is 789 g/mol. The molecule has 0 aliphatic heterocycles. The lowest BCUT2D eigenvalue weighted by molar-refractivity contribution is -0.134. The van der Waals surface area contributed by atoms with E-state index in [-0.39, 0.29) is 37.3 Å². The van der Waals surface area contributed by atoms with Crippen LogP contribution in [0.3, 0.4) is 0 Å². The molecule has 1 aromatic carbocycles. The maximum atomic E-state index is 13.7. The molecule has 0 heterocycles. The summed E-state index contributed by atoms with van der Waals surface area (Å²) in [5, 5.41) is 22.8. The highest BCUT2D eigenvalue weighted by atomic mass is 32.2. The summed E-state index contributed by atoms with van der Waals surface area (Å²) in [5.41, 5.74) is 16.9. The van der Waals surface area contributed by atoms with Crippen LogP contribution in [0.2, 0.25) is 0 Å². The van der Waals surface area contributed by atoms with Gasteiger partial charge in [-0.15, -0.1) is 0 Å². The van der Waals surface area contributed by atoms with Crippen LogP contribution in [0.25, 0.3) is 0 Å². The highest BCUT2D eigenvalue weighted by Gasteiger charge is 2.30. The molecule has 17 heteroatoms. The molecule has 1 aromatic rings. The fourth-order valence-corrected chi connectivity index (χ4v) is 7.04. The number of primary amides is 2. The van der Waals surface area contributed by atoms with E-state index in [1.165, 1.54) is 81.7 Å². The number of hydrogen-bond donors (Lipinski definition) is 9. The van der Waals surface area contributed by atoms with E-state index in [1.54, 1.807) is 12.1 Å². The lowest BCUT2D eigenvalue weighted by Gasteiger charge is -2.25. The van der Waals surface area contributed by atoms with Crippen molar-refractivity contribution in [3.8, 4) is 5.75 Å². The summed E-state index contributed by atoms with van der Waals surface area (Å²) in [6.07, 6.45) is 18.8. The number of carbonyl (C=O) groups is 7. The highest BCUT2D eigenvalue weighted by Crippen LogP contribution is 2.14. The number of aromatic hydroxyl groups is 1. The summed E-state index contributed by atoms with van der Waals surface area (Å²) in [6.45, 7) is 2.09. The van der Waals surface area contributed by atoms with Gasteiger partial charge in [0, 0.05) is 19.3 Å². The normalized spacial score (nSPS) is 13.0. The molecule has 12 N–H and O–H groups in total. The molecule has 0 aliphatic carbocycles. The van der Waals surface area contributed by atoms with Crippen LogP contribution in [0, 0.1) is 0 Å². The Morgan fingerprint density at radius 2 is 1.13 bits per heavy atom. The summed E-state index contributed by atoms with van der Waals surface area (Å²) >= 11 is 1.52. The number of unbranched alkanes of at least 4 members (excludes halogenated alkanes) is 13. The van der Waals surface area contributed by atoms with Gasteiger partial charge >= 0.3 is 0 Å². The van der Waals surface area contributed by atoms with E-state index in [4.69, 9.17) is 17.2 Å². The van der Waals surface area contributed by atoms with E-state index in [0.29, 0.717) is 43.5 Å². The first-order valence-electron chi connectivity index (χ1n) is 21.8. The minimum Gasteiger partial charge on any atom is -0.508 e. The summed E-state index contributed by atoms with van der Waals surface area (Å²) in [5.74, 6) is -4.03. The first-order valence-corrected chi connectivity index (χ1v) is 23.2. The van der Waals surface area contributed by atoms with Gasteiger partial charge in [0.2, 0.25) is 41.4 Å². The van der Waals surface area contributed by atoms with Crippen LogP contribution in [-0.4, -0.2) is 95.7 Å². The van der Waals surface area contributed by atoms with Crippen LogP contribution in [0.15, 0.2) is 24.3 Å². The fraction of sp³-hybridized carbons (Fsp3) is 0.698. The van der Waals surface area contributed by atoms with Crippen molar-refractivity contribution in [2.45, 2.75) is 166 Å².